The first-order valence-electron chi connectivity index (χ1n) is 7.30. The Morgan fingerprint density at radius 2 is 1.92 bits per heavy atom. The van der Waals surface area contributed by atoms with Gasteiger partial charge in [0.05, 0.1) is 10.8 Å². The molecule has 0 aliphatic rings. The molecule has 0 saturated heterocycles. The Bertz CT molecular complexity index is 719. The highest BCUT2D eigenvalue weighted by atomic mass is 32.2. The highest BCUT2D eigenvalue weighted by Gasteiger charge is 2.30. The van der Waals surface area contributed by atoms with Gasteiger partial charge in [0.2, 0.25) is 5.91 Å². The zero-order valence-electron chi connectivity index (χ0n) is 12.9. The summed E-state index contributed by atoms with van der Waals surface area (Å²) in [4.78, 5) is 13.2. The molecule has 0 radical (unpaired) electrons. The second kappa shape index (κ2) is 7.61. The molecule has 2 aromatic carbocycles. The number of carbonyl (C=O) groups excluding carboxylic acids is 1. The molecule has 1 amide bonds. The minimum atomic E-state index is -4.44. The summed E-state index contributed by atoms with van der Waals surface area (Å²) in [5.74, 6) is -0.343. The van der Waals surface area contributed by atoms with Crippen LogP contribution in [0.4, 0.5) is 24.5 Å². The predicted octanol–water partition coefficient (Wildman–Crippen LogP) is 4.80. The van der Waals surface area contributed by atoms with Crippen molar-refractivity contribution in [3.63, 3.8) is 0 Å². The van der Waals surface area contributed by atoms with Crippen molar-refractivity contribution in [1.29, 1.82) is 0 Å². The second-order valence-corrected chi connectivity index (χ2v) is 6.43. The number of nitrogens with two attached hydrogens (primary N) is 1. The van der Waals surface area contributed by atoms with E-state index < -0.39 is 17.0 Å². The van der Waals surface area contributed by atoms with Crippen molar-refractivity contribution in [2.45, 2.75) is 29.7 Å². The van der Waals surface area contributed by atoms with Gasteiger partial charge in [-0.3, -0.25) is 4.79 Å². The van der Waals surface area contributed by atoms with E-state index in [0.29, 0.717) is 12.1 Å². The van der Waals surface area contributed by atoms with E-state index in [2.05, 4.69) is 5.32 Å². The first kappa shape index (κ1) is 18.2. The standard InChI is InChI=1S/C17H17F3N2OS/c1-2-15(24-14-8-4-6-12(21)10-14)16(23)22-13-7-3-5-11(9-13)17(18,19)20/h3-10,15H,2,21H2,1H3,(H,22,23). The summed E-state index contributed by atoms with van der Waals surface area (Å²) in [6.07, 6.45) is -3.91. The molecule has 0 heterocycles. The summed E-state index contributed by atoms with van der Waals surface area (Å²) in [7, 11) is 0. The minimum absolute atomic E-state index is 0.126. The zero-order chi connectivity index (χ0) is 17.7. The van der Waals surface area contributed by atoms with Gasteiger partial charge in [0.25, 0.3) is 0 Å². The maximum Gasteiger partial charge on any atom is 0.416 e. The lowest BCUT2D eigenvalue weighted by Crippen LogP contribution is -2.24. The van der Waals surface area contributed by atoms with Crippen molar-refractivity contribution in [3.05, 3.63) is 54.1 Å². The number of nitrogen functional groups attached to an aromatic ring is 1. The Balaban J connectivity index is 2.09. The van der Waals surface area contributed by atoms with Gasteiger partial charge in [-0.25, -0.2) is 0 Å². The lowest BCUT2D eigenvalue weighted by Gasteiger charge is -2.16. The van der Waals surface area contributed by atoms with Gasteiger partial charge < -0.3 is 11.1 Å². The monoisotopic (exact) mass is 354 g/mol. The third-order valence-electron chi connectivity index (χ3n) is 3.26. The smallest absolute Gasteiger partial charge is 0.399 e. The number of rotatable bonds is 5. The molecule has 0 fully saturated rings. The number of benzene rings is 2. The molecular weight excluding hydrogens is 337 g/mol. The summed E-state index contributed by atoms with van der Waals surface area (Å²) in [6.45, 7) is 1.84. The maximum atomic E-state index is 12.7. The number of hydrogen-bond donors (Lipinski definition) is 2. The van der Waals surface area contributed by atoms with Crippen molar-refractivity contribution in [2.24, 2.45) is 0 Å². The zero-order valence-corrected chi connectivity index (χ0v) is 13.7. The largest absolute Gasteiger partial charge is 0.416 e. The van der Waals surface area contributed by atoms with E-state index >= 15 is 0 Å². The number of alkyl halides is 3. The number of thioether (sulfide) groups is 1. The van der Waals surface area contributed by atoms with Gasteiger partial charge >= 0.3 is 6.18 Å². The molecule has 0 bridgehead atoms. The molecule has 2 rings (SSSR count). The molecule has 2 aromatic rings. The number of halogens is 3. The summed E-state index contributed by atoms with van der Waals surface area (Å²) >= 11 is 1.33. The van der Waals surface area contributed by atoms with E-state index in [1.165, 1.54) is 23.9 Å². The average molecular weight is 354 g/mol. The van der Waals surface area contributed by atoms with Gasteiger partial charge in [0.15, 0.2) is 0 Å². The number of amides is 1. The number of anilines is 2. The molecule has 24 heavy (non-hydrogen) atoms. The van der Waals surface area contributed by atoms with Crippen molar-refractivity contribution in [2.75, 3.05) is 11.1 Å². The van der Waals surface area contributed by atoms with Crippen LogP contribution in [0.3, 0.4) is 0 Å². The Morgan fingerprint density at radius 1 is 1.21 bits per heavy atom. The fourth-order valence-electron chi connectivity index (χ4n) is 2.07. The Hall–Kier alpha value is -2.15. The van der Waals surface area contributed by atoms with Gasteiger partial charge in [-0.05, 0) is 42.8 Å². The van der Waals surface area contributed by atoms with Crippen LogP contribution in [0.2, 0.25) is 0 Å². The highest BCUT2D eigenvalue weighted by Crippen LogP contribution is 2.31. The summed E-state index contributed by atoms with van der Waals surface area (Å²) in [5, 5.41) is 2.12. The third kappa shape index (κ3) is 4.92. The molecule has 128 valence electrons. The molecule has 0 saturated carbocycles. The summed E-state index contributed by atoms with van der Waals surface area (Å²) in [5.41, 5.74) is 5.64. The van der Waals surface area contributed by atoms with E-state index in [4.69, 9.17) is 5.73 Å². The van der Waals surface area contributed by atoms with Crippen LogP contribution in [0.25, 0.3) is 0 Å². The van der Waals surface area contributed by atoms with Crippen LogP contribution in [0.1, 0.15) is 18.9 Å². The fourth-order valence-corrected chi connectivity index (χ4v) is 3.09. The van der Waals surface area contributed by atoms with E-state index in [9.17, 15) is 18.0 Å². The van der Waals surface area contributed by atoms with Crippen LogP contribution in [0.15, 0.2) is 53.4 Å². The first-order valence-corrected chi connectivity index (χ1v) is 8.18. The molecule has 7 heteroatoms. The lowest BCUT2D eigenvalue weighted by molar-refractivity contribution is -0.137. The molecule has 3 nitrogen and oxygen atoms in total. The van der Waals surface area contributed by atoms with Gasteiger partial charge in [-0.2, -0.15) is 13.2 Å². The SMILES string of the molecule is CCC(Sc1cccc(N)c1)C(=O)Nc1cccc(C(F)(F)F)c1. The average Bonchev–Trinajstić information content (AvgIpc) is 2.52. The molecule has 1 atom stereocenters. The fraction of sp³-hybridized carbons (Fsp3) is 0.235. The quantitative estimate of drug-likeness (QED) is 0.599. The van der Waals surface area contributed by atoms with Crippen LogP contribution >= 0.6 is 11.8 Å². The van der Waals surface area contributed by atoms with E-state index in [1.54, 1.807) is 18.2 Å². The predicted molar refractivity (Wildman–Crippen MR) is 90.9 cm³/mol. The summed E-state index contributed by atoms with van der Waals surface area (Å²) < 4.78 is 38.2. The minimum Gasteiger partial charge on any atom is -0.399 e. The van der Waals surface area contributed by atoms with Crippen LogP contribution < -0.4 is 11.1 Å². The summed E-state index contributed by atoms with van der Waals surface area (Å²) in [6, 6.07) is 11.7. The molecule has 1 unspecified atom stereocenters. The van der Waals surface area contributed by atoms with Gasteiger partial charge in [0.1, 0.15) is 0 Å². The molecule has 0 aliphatic carbocycles. The lowest BCUT2D eigenvalue weighted by atomic mass is 10.2. The number of hydrogen-bond acceptors (Lipinski definition) is 3. The van der Waals surface area contributed by atoms with Crippen LogP contribution in [-0.2, 0) is 11.0 Å². The number of nitrogens with one attached hydrogen (secondary N) is 1. The molecule has 0 aliphatic heterocycles. The van der Waals surface area contributed by atoms with Crippen LogP contribution in [0, 0.1) is 0 Å². The van der Waals surface area contributed by atoms with E-state index in [1.807, 2.05) is 13.0 Å². The van der Waals surface area contributed by atoms with Gasteiger partial charge in [-0.15, -0.1) is 11.8 Å². The van der Waals surface area contributed by atoms with Crippen molar-refractivity contribution in [1.82, 2.24) is 0 Å². The molecule has 0 aromatic heterocycles. The van der Waals surface area contributed by atoms with Crippen LogP contribution in [-0.4, -0.2) is 11.2 Å². The van der Waals surface area contributed by atoms with E-state index in [-0.39, 0.29) is 11.6 Å². The van der Waals surface area contributed by atoms with Crippen molar-refractivity contribution in [3.8, 4) is 0 Å². The normalized spacial score (nSPS) is 12.7. The van der Waals surface area contributed by atoms with Crippen molar-refractivity contribution < 1.29 is 18.0 Å². The maximum absolute atomic E-state index is 12.7. The first-order chi connectivity index (χ1) is 11.3. The highest BCUT2D eigenvalue weighted by molar-refractivity contribution is 8.00. The molecular formula is C17H17F3N2OS. The third-order valence-corrected chi connectivity index (χ3v) is 4.62. The van der Waals surface area contributed by atoms with E-state index in [0.717, 1.165) is 17.0 Å². The van der Waals surface area contributed by atoms with Crippen LogP contribution in [0.5, 0.6) is 0 Å². The topological polar surface area (TPSA) is 55.1 Å². The van der Waals surface area contributed by atoms with Gasteiger partial charge in [0, 0.05) is 16.3 Å². The second-order valence-electron chi connectivity index (χ2n) is 5.16. The number of carbonyl (C=O) groups is 1. The van der Waals surface area contributed by atoms with Gasteiger partial charge in [-0.1, -0.05) is 19.1 Å². The Morgan fingerprint density at radius 3 is 2.54 bits per heavy atom. The molecule has 0 spiro atoms. The Kier molecular flexibility index (Phi) is 5.77. The Labute approximate surface area is 142 Å². The van der Waals surface area contributed by atoms with Crippen molar-refractivity contribution >= 4 is 29.0 Å². The molecule has 3 N–H and O–H groups in total.